The van der Waals surface area contributed by atoms with E-state index in [9.17, 15) is 22.8 Å². The fourth-order valence-electron chi connectivity index (χ4n) is 2.94. The van der Waals surface area contributed by atoms with Gasteiger partial charge in [0.1, 0.15) is 5.75 Å². The minimum absolute atomic E-state index is 0.146. The van der Waals surface area contributed by atoms with Crippen LogP contribution in [0.25, 0.3) is 0 Å². The Balaban J connectivity index is 1.67. The average Bonchev–Trinajstić information content (AvgIpc) is 2.84. The second-order valence-corrected chi connectivity index (χ2v) is 6.89. The van der Waals surface area contributed by atoms with Crippen molar-refractivity contribution in [2.75, 3.05) is 19.5 Å². The number of carbonyl (C=O) groups is 2. The van der Waals surface area contributed by atoms with Crippen LogP contribution in [0.5, 0.6) is 17.2 Å². The number of methoxy groups -OCH3 is 2. The molecular weight excluding hydrogens is 467 g/mol. The molecule has 35 heavy (non-hydrogen) atoms. The van der Waals surface area contributed by atoms with Crippen molar-refractivity contribution < 1.29 is 37.0 Å². The minimum atomic E-state index is -4.79. The fraction of sp³-hybridized carbons (Fsp3) is 0.125. The Hall–Kier alpha value is -4.54. The number of benzene rings is 3. The highest BCUT2D eigenvalue weighted by Gasteiger charge is 2.30. The predicted molar refractivity (Wildman–Crippen MR) is 122 cm³/mol. The molecule has 0 unspecified atom stereocenters. The van der Waals surface area contributed by atoms with E-state index in [1.807, 2.05) is 0 Å². The van der Waals surface area contributed by atoms with Crippen LogP contribution in [0.2, 0.25) is 0 Å². The molecule has 0 bridgehead atoms. The molecule has 3 aromatic rings. The van der Waals surface area contributed by atoms with Gasteiger partial charge in [-0.2, -0.15) is 5.10 Å². The van der Waals surface area contributed by atoms with E-state index in [4.69, 9.17) is 9.47 Å². The molecule has 0 aliphatic carbocycles. The average molecular weight is 487 g/mol. The van der Waals surface area contributed by atoms with Crippen molar-refractivity contribution >= 4 is 23.7 Å². The lowest BCUT2D eigenvalue weighted by molar-refractivity contribution is -0.274. The van der Waals surface area contributed by atoms with E-state index < -0.39 is 18.2 Å². The minimum Gasteiger partial charge on any atom is -0.493 e. The van der Waals surface area contributed by atoms with Gasteiger partial charge in [-0.25, -0.2) is 5.43 Å². The van der Waals surface area contributed by atoms with E-state index >= 15 is 0 Å². The van der Waals surface area contributed by atoms with Crippen molar-refractivity contribution in [3.05, 3.63) is 83.4 Å². The molecule has 182 valence electrons. The van der Waals surface area contributed by atoms with Crippen LogP contribution in [0, 0.1) is 0 Å². The maximum absolute atomic E-state index is 12.7. The molecule has 0 heterocycles. The molecule has 11 heteroatoms. The largest absolute Gasteiger partial charge is 0.573 e. The second-order valence-electron chi connectivity index (χ2n) is 6.89. The van der Waals surface area contributed by atoms with Crippen molar-refractivity contribution in [2.24, 2.45) is 5.10 Å². The van der Waals surface area contributed by atoms with Gasteiger partial charge in [0.2, 0.25) is 0 Å². The number of halogens is 3. The molecule has 0 saturated heterocycles. The number of carbonyl (C=O) groups excluding carboxylic acids is 2. The Kier molecular flexibility index (Phi) is 7.92. The molecule has 3 aromatic carbocycles. The van der Waals surface area contributed by atoms with Crippen LogP contribution in [-0.2, 0) is 0 Å². The van der Waals surface area contributed by atoms with Gasteiger partial charge in [0.05, 0.1) is 31.7 Å². The summed E-state index contributed by atoms with van der Waals surface area (Å²) in [5.74, 6) is -0.627. The van der Waals surface area contributed by atoms with Crippen molar-refractivity contribution in [3.8, 4) is 17.2 Å². The van der Waals surface area contributed by atoms with Crippen molar-refractivity contribution in [1.82, 2.24) is 5.43 Å². The summed E-state index contributed by atoms with van der Waals surface area (Å²) in [7, 11) is 2.93. The first-order valence-corrected chi connectivity index (χ1v) is 10.0. The van der Waals surface area contributed by atoms with E-state index in [0.29, 0.717) is 17.1 Å². The Morgan fingerprint density at radius 2 is 1.57 bits per heavy atom. The number of alkyl halides is 3. The molecule has 0 aromatic heterocycles. The molecular formula is C24H20F3N3O5. The number of amides is 2. The SMILES string of the molecule is COc1ccc(C(=O)Nc2ccccc2C(=O)NN=Cc2ccc(OC(F)(F)F)cc2)cc1OC. The summed E-state index contributed by atoms with van der Waals surface area (Å²) in [6, 6.07) is 15.9. The number of nitrogens with zero attached hydrogens (tertiary/aromatic N) is 1. The number of ether oxygens (including phenoxy) is 3. The Morgan fingerprint density at radius 1 is 0.886 bits per heavy atom. The lowest BCUT2D eigenvalue weighted by Gasteiger charge is -2.12. The van der Waals surface area contributed by atoms with Crippen molar-refractivity contribution in [3.63, 3.8) is 0 Å². The van der Waals surface area contributed by atoms with Crippen molar-refractivity contribution in [2.45, 2.75) is 6.36 Å². The van der Waals surface area contributed by atoms with Crippen LogP contribution in [-0.4, -0.2) is 38.6 Å². The van der Waals surface area contributed by atoms with Gasteiger partial charge in [-0.15, -0.1) is 13.2 Å². The number of nitrogens with one attached hydrogen (secondary N) is 2. The first-order valence-electron chi connectivity index (χ1n) is 10.0. The quantitative estimate of drug-likeness (QED) is 0.357. The van der Waals surface area contributed by atoms with E-state index in [-0.39, 0.29) is 22.6 Å². The highest BCUT2D eigenvalue weighted by molar-refractivity contribution is 6.09. The number of rotatable bonds is 8. The number of hydrogen-bond acceptors (Lipinski definition) is 6. The van der Waals surface area contributed by atoms with Gasteiger partial charge in [0.25, 0.3) is 11.8 Å². The van der Waals surface area contributed by atoms with Crippen LogP contribution in [0.3, 0.4) is 0 Å². The van der Waals surface area contributed by atoms with Crippen LogP contribution >= 0.6 is 0 Å². The maximum Gasteiger partial charge on any atom is 0.573 e. The highest BCUT2D eigenvalue weighted by Crippen LogP contribution is 2.28. The van der Waals surface area contributed by atoms with Crippen LogP contribution in [0.15, 0.2) is 71.8 Å². The van der Waals surface area contributed by atoms with Crippen LogP contribution in [0.4, 0.5) is 18.9 Å². The first-order chi connectivity index (χ1) is 16.7. The van der Waals surface area contributed by atoms with Gasteiger partial charge in [0, 0.05) is 5.56 Å². The summed E-state index contributed by atoms with van der Waals surface area (Å²) in [4.78, 5) is 25.3. The first kappa shape index (κ1) is 25.1. The monoisotopic (exact) mass is 487 g/mol. The van der Waals surface area contributed by atoms with Crippen LogP contribution < -0.4 is 25.0 Å². The third-order valence-electron chi connectivity index (χ3n) is 4.56. The molecule has 0 saturated carbocycles. The number of hydrogen-bond donors (Lipinski definition) is 2. The summed E-state index contributed by atoms with van der Waals surface area (Å²) >= 11 is 0. The Bertz CT molecular complexity index is 1230. The van der Waals surface area contributed by atoms with Gasteiger partial charge in [-0.1, -0.05) is 12.1 Å². The molecule has 0 aliphatic rings. The molecule has 0 aliphatic heterocycles. The lowest BCUT2D eigenvalue weighted by atomic mass is 10.1. The Morgan fingerprint density at radius 3 is 2.23 bits per heavy atom. The summed E-state index contributed by atoms with van der Waals surface area (Å²) in [6.07, 6.45) is -3.54. The van der Waals surface area contributed by atoms with Crippen molar-refractivity contribution in [1.29, 1.82) is 0 Å². The van der Waals surface area contributed by atoms with E-state index in [1.165, 1.54) is 44.7 Å². The smallest absolute Gasteiger partial charge is 0.493 e. The predicted octanol–water partition coefficient (Wildman–Crippen LogP) is 4.62. The zero-order chi connectivity index (χ0) is 25.4. The topological polar surface area (TPSA) is 98.2 Å². The Labute approximate surface area is 198 Å². The molecule has 0 spiro atoms. The summed E-state index contributed by atoms with van der Waals surface area (Å²) in [6.45, 7) is 0. The molecule has 8 nitrogen and oxygen atoms in total. The number of anilines is 1. The number of hydrazone groups is 1. The van der Waals surface area contributed by atoms with Gasteiger partial charge in [0.15, 0.2) is 11.5 Å². The number of para-hydroxylation sites is 1. The van der Waals surface area contributed by atoms with E-state index in [0.717, 1.165) is 12.1 Å². The third kappa shape index (κ3) is 6.97. The summed E-state index contributed by atoms with van der Waals surface area (Å²) < 4.78 is 50.9. The molecule has 0 fully saturated rings. The molecule has 3 rings (SSSR count). The zero-order valence-electron chi connectivity index (χ0n) is 18.6. The summed E-state index contributed by atoms with van der Waals surface area (Å²) in [5, 5.41) is 6.49. The van der Waals surface area contributed by atoms with E-state index in [2.05, 4.69) is 20.6 Å². The zero-order valence-corrected chi connectivity index (χ0v) is 18.6. The molecule has 0 radical (unpaired) electrons. The maximum atomic E-state index is 12.7. The second kappa shape index (κ2) is 11.1. The fourth-order valence-corrected chi connectivity index (χ4v) is 2.94. The highest BCUT2D eigenvalue weighted by atomic mass is 19.4. The summed E-state index contributed by atoms with van der Waals surface area (Å²) in [5.41, 5.74) is 3.42. The van der Waals surface area contributed by atoms with E-state index in [1.54, 1.807) is 30.3 Å². The lowest BCUT2D eigenvalue weighted by Crippen LogP contribution is -2.21. The van der Waals surface area contributed by atoms with Gasteiger partial charge in [-0.3, -0.25) is 9.59 Å². The van der Waals surface area contributed by atoms with Gasteiger partial charge in [-0.05, 0) is 60.2 Å². The van der Waals surface area contributed by atoms with Gasteiger partial charge >= 0.3 is 6.36 Å². The molecule has 0 atom stereocenters. The standard InChI is InChI=1S/C24H20F3N3O5/c1-33-20-12-9-16(13-21(20)34-2)22(31)29-19-6-4-3-5-18(19)23(32)30-28-14-15-7-10-17(11-8-15)35-24(25,26)27/h3-14H,1-2H3,(H,29,31)(H,30,32). The molecule has 2 N–H and O–H groups in total. The van der Waals surface area contributed by atoms with Gasteiger partial charge < -0.3 is 19.5 Å². The molecule has 2 amide bonds. The van der Waals surface area contributed by atoms with Crippen LogP contribution in [0.1, 0.15) is 26.3 Å². The normalized spacial score (nSPS) is 11.1. The third-order valence-corrected chi connectivity index (χ3v) is 4.56.